The van der Waals surface area contributed by atoms with E-state index in [4.69, 9.17) is 10.5 Å². The third kappa shape index (κ3) is 2.06. The monoisotopic (exact) mass is 308 g/mol. The topological polar surface area (TPSA) is 105 Å². The van der Waals surface area contributed by atoms with Crippen molar-refractivity contribution in [3.63, 3.8) is 0 Å². The zero-order valence-corrected chi connectivity index (χ0v) is 12.1. The summed E-state index contributed by atoms with van der Waals surface area (Å²) in [6, 6.07) is 15.3. The average Bonchev–Trinajstić information content (AvgIpc) is 2.82. The number of benzene rings is 2. The molecule has 0 bridgehead atoms. The Labute approximate surface area is 126 Å². The molecule has 3 rings (SSSR count). The van der Waals surface area contributed by atoms with Crippen LogP contribution in [0.5, 0.6) is 0 Å². The maximum absolute atomic E-state index is 11.5. The van der Waals surface area contributed by atoms with Crippen LogP contribution in [0.25, 0.3) is 16.7 Å². The second-order valence-electron chi connectivity index (χ2n) is 4.79. The van der Waals surface area contributed by atoms with Crippen LogP contribution in [0.4, 0.5) is 0 Å². The van der Waals surface area contributed by atoms with E-state index in [-0.39, 0.29) is 10.9 Å². The van der Waals surface area contributed by atoms with Gasteiger partial charge >= 0.3 is 7.60 Å². The lowest BCUT2D eigenvalue weighted by molar-refractivity contribution is 0.387. The van der Waals surface area contributed by atoms with Crippen LogP contribution >= 0.6 is 7.60 Å². The number of nitrogens with zero attached hydrogens (tertiary/aromatic N) is 2. The van der Waals surface area contributed by atoms with E-state index >= 15 is 0 Å². The van der Waals surface area contributed by atoms with Crippen LogP contribution in [0.3, 0.4) is 0 Å². The molecule has 0 atom stereocenters. The third-order valence-electron chi connectivity index (χ3n) is 3.57. The summed E-state index contributed by atoms with van der Waals surface area (Å²) in [7, 11) is -4.37. The highest BCUT2D eigenvalue weighted by Crippen LogP contribution is 2.46. The summed E-state index contributed by atoms with van der Waals surface area (Å²) in [6.45, 7) is 0. The van der Waals surface area contributed by atoms with E-state index in [2.05, 4.69) is 0 Å². The van der Waals surface area contributed by atoms with Crippen LogP contribution in [0.15, 0.2) is 48.0 Å². The van der Waals surface area contributed by atoms with Crippen LogP contribution < -0.4 is 5.30 Å². The average molecular weight is 308 g/mol. The molecule has 1 aliphatic rings. The van der Waals surface area contributed by atoms with Crippen molar-refractivity contribution in [2.45, 2.75) is 0 Å². The molecule has 5 nitrogen and oxygen atoms in total. The van der Waals surface area contributed by atoms with Gasteiger partial charge in [-0.2, -0.15) is 10.5 Å². The van der Waals surface area contributed by atoms with Gasteiger partial charge in [-0.25, -0.2) is 0 Å². The fourth-order valence-electron chi connectivity index (χ4n) is 2.64. The Bertz CT molecular complexity index is 942. The van der Waals surface area contributed by atoms with E-state index in [9.17, 15) is 14.4 Å². The quantitative estimate of drug-likeness (QED) is 0.530. The lowest BCUT2D eigenvalue weighted by atomic mass is 9.99. The van der Waals surface area contributed by atoms with Crippen molar-refractivity contribution in [1.29, 1.82) is 10.5 Å². The molecule has 0 unspecified atom stereocenters. The predicted molar refractivity (Wildman–Crippen MR) is 80.8 cm³/mol. The fraction of sp³-hybridized carbons (Fsp3) is 0. The smallest absolute Gasteiger partial charge is 0.321 e. The largest absolute Gasteiger partial charge is 0.356 e. The van der Waals surface area contributed by atoms with E-state index in [0.717, 1.165) is 11.1 Å². The summed E-state index contributed by atoms with van der Waals surface area (Å²) in [5, 5.41) is 18.2. The second-order valence-corrected chi connectivity index (χ2v) is 6.40. The van der Waals surface area contributed by atoms with Gasteiger partial charge in [-0.15, -0.1) is 0 Å². The van der Waals surface area contributed by atoms with Gasteiger partial charge in [0.2, 0.25) is 0 Å². The van der Waals surface area contributed by atoms with Crippen molar-refractivity contribution in [2.75, 3.05) is 0 Å². The van der Waals surface area contributed by atoms with Crippen LogP contribution in [0, 0.1) is 22.7 Å². The van der Waals surface area contributed by atoms with Crippen LogP contribution in [0.1, 0.15) is 11.1 Å². The van der Waals surface area contributed by atoms with Gasteiger partial charge in [0.05, 0.1) is 5.30 Å². The molecule has 22 heavy (non-hydrogen) atoms. The Kier molecular flexibility index (Phi) is 3.20. The van der Waals surface area contributed by atoms with Crippen LogP contribution in [-0.4, -0.2) is 9.79 Å². The van der Waals surface area contributed by atoms with Crippen LogP contribution in [-0.2, 0) is 4.57 Å². The summed E-state index contributed by atoms with van der Waals surface area (Å²) in [5.41, 5.74) is 3.22. The van der Waals surface area contributed by atoms with Crippen LogP contribution in [0.2, 0.25) is 0 Å². The zero-order valence-electron chi connectivity index (χ0n) is 11.2. The Morgan fingerprint density at radius 1 is 0.909 bits per heavy atom. The molecule has 6 heteroatoms. The predicted octanol–water partition coefficient (Wildman–Crippen LogP) is 2.32. The first-order valence-corrected chi connectivity index (χ1v) is 7.93. The summed E-state index contributed by atoms with van der Waals surface area (Å²) in [5.74, 6) is 0. The molecule has 0 fully saturated rings. The first kappa shape index (κ1) is 14.3. The van der Waals surface area contributed by atoms with Gasteiger partial charge in [0.25, 0.3) is 0 Å². The Morgan fingerprint density at radius 3 is 2.09 bits per heavy atom. The van der Waals surface area contributed by atoms with E-state index in [0.29, 0.717) is 16.7 Å². The van der Waals surface area contributed by atoms with E-state index < -0.39 is 7.60 Å². The lowest BCUT2D eigenvalue weighted by Crippen LogP contribution is -2.04. The molecule has 2 aromatic carbocycles. The first-order chi connectivity index (χ1) is 10.5. The number of hydrogen-bond donors (Lipinski definition) is 2. The number of fused-ring (bicyclic) bond motifs is 3. The SMILES string of the molecule is N#CC(C#N)=C1c2ccccc2-c2cc(P(=O)(O)O)ccc21. The molecule has 1 aliphatic carbocycles. The highest BCUT2D eigenvalue weighted by molar-refractivity contribution is 7.60. The van der Waals surface area contributed by atoms with E-state index in [1.807, 2.05) is 12.1 Å². The minimum absolute atomic E-state index is 0.0184. The molecule has 0 saturated carbocycles. The second kappa shape index (κ2) is 4.94. The highest BCUT2D eigenvalue weighted by Gasteiger charge is 2.28. The van der Waals surface area contributed by atoms with E-state index in [1.165, 1.54) is 12.1 Å². The third-order valence-corrected chi connectivity index (χ3v) is 4.52. The summed E-state index contributed by atoms with van der Waals surface area (Å²) in [4.78, 5) is 18.7. The molecule has 0 heterocycles. The fourth-order valence-corrected chi connectivity index (χ4v) is 3.21. The number of allylic oxidation sites excluding steroid dienone is 1. The molecule has 2 aromatic rings. The molecule has 0 aromatic heterocycles. The maximum atomic E-state index is 11.5. The van der Waals surface area contributed by atoms with Gasteiger partial charge < -0.3 is 9.79 Å². The van der Waals surface area contributed by atoms with Gasteiger partial charge in [-0.3, -0.25) is 4.57 Å². The molecular weight excluding hydrogens is 299 g/mol. The van der Waals surface area contributed by atoms with Crippen molar-refractivity contribution < 1.29 is 14.4 Å². The molecule has 0 saturated heterocycles. The minimum Gasteiger partial charge on any atom is -0.321 e. The van der Waals surface area contributed by atoms with Crippen molar-refractivity contribution >= 4 is 18.5 Å². The van der Waals surface area contributed by atoms with Crippen molar-refractivity contribution in [3.05, 3.63) is 59.2 Å². The Hall–Kier alpha value is -2.69. The van der Waals surface area contributed by atoms with Gasteiger partial charge in [-0.05, 0) is 34.4 Å². The molecule has 106 valence electrons. The Morgan fingerprint density at radius 2 is 1.50 bits per heavy atom. The summed E-state index contributed by atoms with van der Waals surface area (Å²) in [6.07, 6.45) is 0. The zero-order chi connectivity index (χ0) is 15.9. The Balaban J connectivity index is 2.41. The molecule has 0 aliphatic heterocycles. The van der Waals surface area contributed by atoms with E-state index in [1.54, 1.807) is 30.3 Å². The van der Waals surface area contributed by atoms with Crippen molar-refractivity contribution in [1.82, 2.24) is 0 Å². The molecule has 0 spiro atoms. The van der Waals surface area contributed by atoms with Crippen molar-refractivity contribution in [3.8, 4) is 23.3 Å². The minimum atomic E-state index is -4.37. The molecule has 2 N–H and O–H groups in total. The molecule has 0 amide bonds. The standard InChI is InChI=1S/C16H9N2O3P/c17-8-10(9-18)16-13-4-2-1-3-12(13)15-7-11(22(19,20)21)5-6-14(15)16/h1-7H,(H2,19,20,21). The molecular formula is C16H9N2O3P. The highest BCUT2D eigenvalue weighted by atomic mass is 31.2. The first-order valence-electron chi connectivity index (χ1n) is 6.32. The van der Waals surface area contributed by atoms with Gasteiger partial charge in [0.15, 0.2) is 0 Å². The number of rotatable bonds is 1. The number of hydrogen-bond acceptors (Lipinski definition) is 3. The van der Waals surface area contributed by atoms with Crippen molar-refractivity contribution in [2.24, 2.45) is 0 Å². The normalized spacial score (nSPS) is 12.1. The van der Waals surface area contributed by atoms with Gasteiger partial charge in [-0.1, -0.05) is 30.3 Å². The summed E-state index contributed by atoms with van der Waals surface area (Å²) >= 11 is 0. The van der Waals surface area contributed by atoms with Gasteiger partial charge in [0, 0.05) is 5.57 Å². The lowest BCUT2D eigenvalue weighted by Gasteiger charge is -2.07. The summed E-state index contributed by atoms with van der Waals surface area (Å²) < 4.78 is 11.5. The van der Waals surface area contributed by atoms with Gasteiger partial charge in [0.1, 0.15) is 17.7 Å². The molecule has 0 radical (unpaired) electrons. The maximum Gasteiger partial charge on any atom is 0.356 e. The number of nitriles is 2.